The Morgan fingerprint density at radius 2 is 2.28 bits per heavy atom. The highest BCUT2D eigenvalue weighted by atomic mass is 35.5. The van der Waals surface area contributed by atoms with Crippen molar-refractivity contribution in [1.82, 2.24) is 15.3 Å². The highest BCUT2D eigenvalue weighted by molar-refractivity contribution is 6.28. The predicted octanol–water partition coefficient (Wildman–Crippen LogP) is 1.48. The first-order valence-corrected chi connectivity index (χ1v) is 6.51. The van der Waals surface area contributed by atoms with E-state index in [1.165, 1.54) is 0 Å². The van der Waals surface area contributed by atoms with Crippen molar-refractivity contribution in [3.63, 3.8) is 0 Å². The molecule has 0 radical (unpaired) electrons. The molecule has 98 valence electrons. The van der Waals surface area contributed by atoms with Crippen LogP contribution in [0.3, 0.4) is 0 Å². The number of carbonyl (C=O) groups excluding carboxylic acids is 1. The molecule has 1 aliphatic rings. The molecule has 0 bridgehead atoms. The molecule has 0 spiro atoms. The molecule has 1 aromatic heterocycles. The molecular formula is C12H17ClN4O. The summed E-state index contributed by atoms with van der Waals surface area (Å²) in [5.74, 6) is 1.41. The fourth-order valence-corrected chi connectivity index (χ4v) is 2.52. The van der Waals surface area contributed by atoms with Crippen molar-refractivity contribution >= 4 is 23.8 Å². The van der Waals surface area contributed by atoms with Crippen molar-refractivity contribution in [2.24, 2.45) is 5.92 Å². The predicted molar refractivity (Wildman–Crippen MR) is 70.6 cm³/mol. The van der Waals surface area contributed by atoms with Crippen LogP contribution in [0.25, 0.3) is 0 Å². The third-order valence-electron chi connectivity index (χ3n) is 3.51. The summed E-state index contributed by atoms with van der Waals surface area (Å²) < 4.78 is 0. The fraction of sp³-hybridized carbons (Fsp3) is 0.583. The number of carbonyl (C=O) groups is 1. The third kappa shape index (κ3) is 3.10. The van der Waals surface area contributed by atoms with Gasteiger partial charge in [-0.1, -0.05) is 0 Å². The lowest BCUT2D eigenvalue weighted by Gasteiger charge is -2.35. The van der Waals surface area contributed by atoms with Crippen molar-refractivity contribution in [3.8, 4) is 0 Å². The average molecular weight is 269 g/mol. The van der Waals surface area contributed by atoms with Gasteiger partial charge in [0.15, 0.2) is 0 Å². The van der Waals surface area contributed by atoms with Gasteiger partial charge in [-0.15, -0.1) is 0 Å². The average Bonchev–Trinajstić information content (AvgIpc) is 2.39. The maximum absolute atomic E-state index is 10.4. The molecule has 1 saturated heterocycles. The Bertz CT molecular complexity index is 407. The maximum Gasteiger partial charge on any atom is 0.224 e. The van der Waals surface area contributed by atoms with Gasteiger partial charge in [0, 0.05) is 25.3 Å². The monoisotopic (exact) mass is 268 g/mol. The second kappa shape index (κ2) is 6.00. The lowest BCUT2D eigenvalue weighted by Crippen LogP contribution is -2.41. The van der Waals surface area contributed by atoms with E-state index in [1.807, 2.05) is 6.07 Å². The van der Waals surface area contributed by atoms with E-state index in [9.17, 15) is 4.79 Å². The maximum atomic E-state index is 10.4. The van der Waals surface area contributed by atoms with Crippen LogP contribution in [0.1, 0.15) is 19.8 Å². The Labute approximate surface area is 112 Å². The zero-order valence-electron chi connectivity index (χ0n) is 10.3. The first-order chi connectivity index (χ1) is 8.70. The minimum absolute atomic E-state index is 0.235. The lowest BCUT2D eigenvalue weighted by atomic mass is 9.90. The first-order valence-electron chi connectivity index (χ1n) is 6.14. The number of hydrogen-bond acceptors (Lipinski definition) is 4. The minimum atomic E-state index is 0.235. The quantitative estimate of drug-likeness (QED) is 0.664. The number of rotatable bonds is 4. The molecule has 5 nitrogen and oxygen atoms in total. The van der Waals surface area contributed by atoms with E-state index in [0.29, 0.717) is 5.92 Å². The number of halogens is 1. The summed E-state index contributed by atoms with van der Waals surface area (Å²) in [5.41, 5.74) is 0. The van der Waals surface area contributed by atoms with Crippen LogP contribution >= 0.6 is 11.6 Å². The summed E-state index contributed by atoms with van der Waals surface area (Å²) in [6.45, 7) is 3.92. The van der Waals surface area contributed by atoms with Crippen LogP contribution in [0, 0.1) is 5.92 Å². The standard InChI is InChI=1S/C12H17ClN4O/c1-9(15-8-18)10-3-6-17(7-4-10)11-2-5-14-12(13)16-11/h2,5,8-10H,3-4,6-7H2,1H3,(H,15,18). The van der Waals surface area contributed by atoms with E-state index in [0.717, 1.165) is 38.2 Å². The summed E-state index contributed by atoms with van der Waals surface area (Å²) in [4.78, 5) is 20.7. The van der Waals surface area contributed by atoms with Crippen LogP contribution in [0.2, 0.25) is 5.28 Å². The molecular weight excluding hydrogens is 252 g/mol. The highest BCUT2D eigenvalue weighted by Gasteiger charge is 2.24. The highest BCUT2D eigenvalue weighted by Crippen LogP contribution is 2.24. The van der Waals surface area contributed by atoms with Crippen LogP contribution in [0.4, 0.5) is 5.82 Å². The van der Waals surface area contributed by atoms with Crippen LogP contribution in [0.15, 0.2) is 12.3 Å². The molecule has 0 aliphatic carbocycles. The fourth-order valence-electron chi connectivity index (χ4n) is 2.37. The zero-order chi connectivity index (χ0) is 13.0. The molecule has 1 fully saturated rings. The molecule has 1 unspecified atom stereocenters. The molecule has 1 aromatic rings. The van der Waals surface area contributed by atoms with E-state index in [1.54, 1.807) is 6.20 Å². The Balaban J connectivity index is 1.92. The second-order valence-electron chi connectivity index (χ2n) is 4.58. The van der Waals surface area contributed by atoms with E-state index in [-0.39, 0.29) is 11.3 Å². The Morgan fingerprint density at radius 3 is 2.89 bits per heavy atom. The Hall–Kier alpha value is -1.36. The van der Waals surface area contributed by atoms with E-state index < -0.39 is 0 Å². The first kappa shape index (κ1) is 13.1. The normalized spacial score (nSPS) is 18.4. The molecule has 18 heavy (non-hydrogen) atoms. The van der Waals surface area contributed by atoms with Gasteiger partial charge in [0.1, 0.15) is 5.82 Å². The van der Waals surface area contributed by atoms with Crippen molar-refractivity contribution in [2.45, 2.75) is 25.8 Å². The lowest BCUT2D eigenvalue weighted by molar-refractivity contribution is -0.110. The van der Waals surface area contributed by atoms with Gasteiger partial charge in [-0.25, -0.2) is 9.97 Å². The van der Waals surface area contributed by atoms with Crippen molar-refractivity contribution in [2.75, 3.05) is 18.0 Å². The number of anilines is 1. The number of amides is 1. The molecule has 1 aliphatic heterocycles. The zero-order valence-corrected chi connectivity index (χ0v) is 11.1. The van der Waals surface area contributed by atoms with E-state index in [4.69, 9.17) is 11.6 Å². The van der Waals surface area contributed by atoms with Crippen molar-refractivity contribution in [1.29, 1.82) is 0 Å². The van der Waals surface area contributed by atoms with Gasteiger partial charge in [-0.2, -0.15) is 0 Å². The van der Waals surface area contributed by atoms with Crippen molar-refractivity contribution < 1.29 is 4.79 Å². The molecule has 1 amide bonds. The summed E-state index contributed by atoms with van der Waals surface area (Å²) >= 11 is 5.79. The Kier molecular flexibility index (Phi) is 4.36. The second-order valence-corrected chi connectivity index (χ2v) is 4.92. The molecule has 0 aromatic carbocycles. The van der Waals surface area contributed by atoms with Gasteiger partial charge in [-0.05, 0) is 43.4 Å². The van der Waals surface area contributed by atoms with Crippen LogP contribution < -0.4 is 10.2 Å². The van der Waals surface area contributed by atoms with Gasteiger partial charge in [0.2, 0.25) is 11.7 Å². The SMILES string of the molecule is CC(NC=O)C1CCN(c2ccnc(Cl)n2)CC1. The number of aromatic nitrogens is 2. The van der Waals surface area contributed by atoms with Gasteiger partial charge < -0.3 is 10.2 Å². The van der Waals surface area contributed by atoms with Crippen LogP contribution in [0.5, 0.6) is 0 Å². The van der Waals surface area contributed by atoms with Crippen molar-refractivity contribution in [3.05, 3.63) is 17.5 Å². The number of nitrogens with zero attached hydrogens (tertiary/aromatic N) is 3. The van der Waals surface area contributed by atoms with E-state index in [2.05, 4.69) is 27.1 Å². The Morgan fingerprint density at radius 1 is 1.56 bits per heavy atom. The van der Waals surface area contributed by atoms with Gasteiger partial charge in [0.05, 0.1) is 0 Å². The van der Waals surface area contributed by atoms with E-state index >= 15 is 0 Å². The van der Waals surface area contributed by atoms with Gasteiger partial charge in [-0.3, -0.25) is 4.79 Å². The molecule has 1 atom stereocenters. The largest absolute Gasteiger partial charge is 0.356 e. The molecule has 0 saturated carbocycles. The minimum Gasteiger partial charge on any atom is -0.356 e. The molecule has 6 heteroatoms. The number of hydrogen-bond donors (Lipinski definition) is 1. The van der Waals surface area contributed by atoms with Gasteiger partial charge >= 0.3 is 0 Å². The summed E-state index contributed by atoms with van der Waals surface area (Å²) in [6, 6.07) is 2.11. The molecule has 2 rings (SSSR count). The summed E-state index contributed by atoms with van der Waals surface area (Å²) in [5, 5.41) is 3.12. The third-order valence-corrected chi connectivity index (χ3v) is 3.70. The van der Waals surface area contributed by atoms with Crippen LogP contribution in [-0.4, -0.2) is 35.5 Å². The van der Waals surface area contributed by atoms with Crippen LogP contribution in [-0.2, 0) is 4.79 Å². The number of nitrogens with one attached hydrogen (secondary N) is 1. The topological polar surface area (TPSA) is 58.1 Å². The number of piperidine rings is 1. The smallest absolute Gasteiger partial charge is 0.224 e. The molecule has 1 N–H and O–H groups in total. The summed E-state index contributed by atoms with van der Waals surface area (Å²) in [7, 11) is 0. The molecule has 2 heterocycles. The van der Waals surface area contributed by atoms with Gasteiger partial charge in [0.25, 0.3) is 0 Å². The summed E-state index contributed by atoms with van der Waals surface area (Å²) in [6.07, 6.45) is 4.54.